The minimum Gasteiger partial charge on any atom is -0.477 e. The van der Waals surface area contributed by atoms with Crippen LogP contribution in [-0.2, 0) is 33.3 Å². The van der Waals surface area contributed by atoms with Gasteiger partial charge in [0.15, 0.2) is 6.10 Å². The largest absolute Gasteiger partial charge is 0.477 e. The van der Waals surface area contributed by atoms with Crippen molar-refractivity contribution in [2.75, 3.05) is 47.5 Å². The molecule has 0 aromatic carbocycles. The number of carbonyl (C=O) groups is 3. The summed E-state index contributed by atoms with van der Waals surface area (Å²) in [7, 11) is 5.96. The molecule has 0 bridgehead atoms. The molecule has 404 valence electrons. The second kappa shape index (κ2) is 52.1. The molecule has 0 aliphatic rings. The number of likely N-dealkylation sites (N-methyl/N-ethyl adjacent to an activating group) is 1. The first-order valence-corrected chi connectivity index (χ1v) is 28.6. The Balaban J connectivity index is 4.24. The van der Waals surface area contributed by atoms with Gasteiger partial charge in [-0.1, -0.05) is 215 Å². The molecular formula is C61H108NO8+. The van der Waals surface area contributed by atoms with E-state index in [4.69, 9.17) is 18.9 Å². The number of aliphatic carboxylic acids is 1. The zero-order chi connectivity index (χ0) is 51.3. The van der Waals surface area contributed by atoms with Crippen LogP contribution >= 0.6 is 0 Å². The lowest BCUT2D eigenvalue weighted by Gasteiger charge is -2.25. The summed E-state index contributed by atoms with van der Waals surface area (Å²) in [5, 5.41) is 9.70. The summed E-state index contributed by atoms with van der Waals surface area (Å²) in [5.74, 6) is -2.01. The first kappa shape index (κ1) is 66.7. The summed E-state index contributed by atoms with van der Waals surface area (Å²) < 4.78 is 22.9. The van der Waals surface area contributed by atoms with Gasteiger partial charge in [-0.15, -0.1) is 0 Å². The number of esters is 2. The zero-order valence-electron chi connectivity index (χ0n) is 45.9. The Morgan fingerprint density at radius 1 is 0.443 bits per heavy atom. The number of rotatable bonds is 52. The lowest BCUT2D eigenvalue weighted by atomic mass is 10.0. The van der Waals surface area contributed by atoms with Crippen molar-refractivity contribution < 1.29 is 42.9 Å². The Labute approximate surface area is 430 Å². The Kier molecular flexibility index (Phi) is 49.6. The Bertz CT molecular complexity index is 1380. The molecule has 9 nitrogen and oxygen atoms in total. The predicted octanol–water partition coefficient (Wildman–Crippen LogP) is 16.6. The van der Waals surface area contributed by atoms with Crippen molar-refractivity contribution in [3.63, 3.8) is 0 Å². The van der Waals surface area contributed by atoms with Crippen LogP contribution < -0.4 is 0 Å². The van der Waals surface area contributed by atoms with Crippen molar-refractivity contribution in [3.8, 4) is 0 Å². The lowest BCUT2D eigenvalue weighted by Crippen LogP contribution is -2.40. The van der Waals surface area contributed by atoms with Crippen molar-refractivity contribution in [1.82, 2.24) is 0 Å². The number of unbranched alkanes of at least 4 members (excludes halogenated alkanes) is 25. The molecule has 1 N–H and O–H groups in total. The number of hydrogen-bond acceptors (Lipinski definition) is 7. The van der Waals surface area contributed by atoms with Crippen LogP contribution in [0.3, 0.4) is 0 Å². The molecule has 2 unspecified atom stereocenters. The highest BCUT2D eigenvalue weighted by Gasteiger charge is 2.25. The van der Waals surface area contributed by atoms with E-state index in [9.17, 15) is 19.5 Å². The number of carboxylic acid groups (broad SMARTS) is 1. The third kappa shape index (κ3) is 52.6. The number of carbonyl (C=O) groups excluding carboxylic acids is 2. The van der Waals surface area contributed by atoms with E-state index >= 15 is 0 Å². The lowest BCUT2D eigenvalue weighted by molar-refractivity contribution is -0.870. The first-order chi connectivity index (χ1) is 34.1. The Hall–Kier alpha value is -3.27. The van der Waals surface area contributed by atoms with Crippen LogP contribution in [0, 0.1) is 0 Å². The number of hydrogen-bond donors (Lipinski definition) is 1. The standard InChI is InChI=1S/C61H107NO8/c1-6-8-10-12-14-16-18-20-22-24-26-27-28-29-30-31-32-33-34-36-38-40-42-44-46-48-50-52-59(64)70-57(56-69-61(60(65)66)67-54-53-62(3,4)5)55-68-58(63)51-49-47-45-43-41-39-37-35-25-23-21-19-17-15-13-11-9-7-2/h8,10,14,16-17,19-20,22-23,25-27,57,61H,6-7,9,11-13,15,18,21,24,28-56H2,1-5H3/p+1/b10-8-,16-14-,19-17-,22-20-,25-23-,27-26-. The van der Waals surface area contributed by atoms with Crippen LogP contribution in [0.2, 0.25) is 0 Å². The molecule has 0 aliphatic heterocycles. The van der Waals surface area contributed by atoms with E-state index in [2.05, 4.69) is 86.8 Å². The summed E-state index contributed by atoms with van der Waals surface area (Å²) in [4.78, 5) is 37.4. The van der Waals surface area contributed by atoms with E-state index < -0.39 is 24.3 Å². The molecule has 0 spiro atoms. The van der Waals surface area contributed by atoms with Crippen molar-refractivity contribution in [3.05, 3.63) is 72.9 Å². The average Bonchev–Trinajstić information content (AvgIpc) is 3.33. The van der Waals surface area contributed by atoms with E-state index in [1.54, 1.807) is 0 Å². The second-order valence-electron chi connectivity index (χ2n) is 20.2. The van der Waals surface area contributed by atoms with Crippen LogP contribution in [0.25, 0.3) is 0 Å². The molecule has 0 fully saturated rings. The fraction of sp³-hybridized carbons (Fsp3) is 0.754. The predicted molar refractivity (Wildman–Crippen MR) is 295 cm³/mol. The summed E-state index contributed by atoms with van der Waals surface area (Å²) in [6.07, 6.45) is 64.0. The van der Waals surface area contributed by atoms with Gasteiger partial charge in [-0.25, -0.2) is 4.79 Å². The Morgan fingerprint density at radius 2 is 0.814 bits per heavy atom. The highest BCUT2D eigenvalue weighted by Crippen LogP contribution is 2.16. The number of carboxylic acids is 1. The Morgan fingerprint density at radius 3 is 1.21 bits per heavy atom. The van der Waals surface area contributed by atoms with Gasteiger partial charge in [0.2, 0.25) is 0 Å². The van der Waals surface area contributed by atoms with E-state index in [1.807, 2.05) is 21.1 Å². The minimum absolute atomic E-state index is 0.184. The summed E-state index contributed by atoms with van der Waals surface area (Å²) in [5.41, 5.74) is 0. The summed E-state index contributed by atoms with van der Waals surface area (Å²) in [6.45, 7) is 4.75. The fourth-order valence-corrected chi connectivity index (χ4v) is 7.80. The molecule has 0 aromatic heterocycles. The summed E-state index contributed by atoms with van der Waals surface area (Å²) in [6, 6.07) is 0. The normalized spacial score (nSPS) is 13.3. The molecule has 0 amide bonds. The average molecular weight is 984 g/mol. The second-order valence-corrected chi connectivity index (χ2v) is 20.2. The summed E-state index contributed by atoms with van der Waals surface area (Å²) >= 11 is 0. The molecule has 0 saturated heterocycles. The van der Waals surface area contributed by atoms with E-state index in [1.165, 1.54) is 128 Å². The van der Waals surface area contributed by atoms with Gasteiger partial charge in [0.05, 0.1) is 34.4 Å². The van der Waals surface area contributed by atoms with Gasteiger partial charge >= 0.3 is 17.9 Å². The van der Waals surface area contributed by atoms with Crippen LogP contribution in [0.1, 0.15) is 239 Å². The molecular weight excluding hydrogens is 875 g/mol. The van der Waals surface area contributed by atoms with E-state index in [-0.39, 0.29) is 32.2 Å². The third-order valence-electron chi connectivity index (χ3n) is 12.2. The van der Waals surface area contributed by atoms with Crippen LogP contribution in [0.5, 0.6) is 0 Å². The van der Waals surface area contributed by atoms with Gasteiger partial charge < -0.3 is 28.5 Å². The van der Waals surface area contributed by atoms with Crippen molar-refractivity contribution >= 4 is 17.9 Å². The van der Waals surface area contributed by atoms with Gasteiger partial charge in [-0.05, 0) is 83.5 Å². The maximum Gasteiger partial charge on any atom is 0.361 e. The van der Waals surface area contributed by atoms with Crippen molar-refractivity contribution in [2.45, 2.75) is 251 Å². The molecule has 0 saturated carbocycles. The van der Waals surface area contributed by atoms with Gasteiger partial charge in [0, 0.05) is 12.8 Å². The number of allylic oxidation sites excluding steroid dienone is 12. The molecule has 70 heavy (non-hydrogen) atoms. The van der Waals surface area contributed by atoms with Crippen molar-refractivity contribution in [2.24, 2.45) is 0 Å². The molecule has 0 aromatic rings. The van der Waals surface area contributed by atoms with Gasteiger partial charge in [0.1, 0.15) is 13.2 Å². The topological polar surface area (TPSA) is 108 Å². The first-order valence-electron chi connectivity index (χ1n) is 28.6. The minimum atomic E-state index is -1.51. The van der Waals surface area contributed by atoms with Gasteiger partial charge in [-0.3, -0.25) is 9.59 Å². The molecule has 0 rings (SSSR count). The number of nitrogens with zero attached hydrogens (tertiary/aromatic N) is 1. The third-order valence-corrected chi connectivity index (χ3v) is 12.2. The fourth-order valence-electron chi connectivity index (χ4n) is 7.80. The van der Waals surface area contributed by atoms with Gasteiger partial charge in [0.25, 0.3) is 6.29 Å². The molecule has 0 radical (unpaired) electrons. The highest BCUT2D eigenvalue weighted by atomic mass is 16.7. The van der Waals surface area contributed by atoms with E-state index in [0.717, 1.165) is 83.5 Å². The highest BCUT2D eigenvalue weighted by molar-refractivity contribution is 5.71. The van der Waals surface area contributed by atoms with Gasteiger partial charge in [-0.2, -0.15) is 0 Å². The van der Waals surface area contributed by atoms with Crippen LogP contribution in [-0.4, -0.2) is 87.4 Å². The quantitative estimate of drug-likeness (QED) is 0.0211. The maximum absolute atomic E-state index is 12.9. The maximum atomic E-state index is 12.9. The van der Waals surface area contributed by atoms with E-state index in [0.29, 0.717) is 17.4 Å². The molecule has 9 heteroatoms. The monoisotopic (exact) mass is 983 g/mol. The molecule has 0 heterocycles. The zero-order valence-corrected chi connectivity index (χ0v) is 45.9. The van der Waals surface area contributed by atoms with Crippen LogP contribution in [0.15, 0.2) is 72.9 Å². The smallest absolute Gasteiger partial charge is 0.361 e. The number of quaternary nitrogens is 1. The van der Waals surface area contributed by atoms with Crippen molar-refractivity contribution in [1.29, 1.82) is 0 Å². The number of ether oxygens (including phenoxy) is 4. The SMILES string of the molecule is CC/C=C\C/C=C\C/C=C\C/C=C\CCCCCCCCCCCCCCCCC(=O)OC(COC(=O)CCCCCCCCC/C=C\C/C=C\CCCCCC)COC(OCC[N+](C)(C)C)C(=O)O. The van der Waals surface area contributed by atoms with Crippen LogP contribution in [0.4, 0.5) is 0 Å². The molecule has 2 atom stereocenters. The molecule has 0 aliphatic carbocycles.